The number of para-hydroxylation sites is 2. The molecule has 0 fully saturated rings. The van der Waals surface area contributed by atoms with Crippen molar-refractivity contribution in [1.29, 1.82) is 0 Å². The van der Waals surface area contributed by atoms with Crippen molar-refractivity contribution in [3.63, 3.8) is 0 Å². The average Bonchev–Trinajstić information content (AvgIpc) is 3.34. The van der Waals surface area contributed by atoms with Gasteiger partial charge in [0.1, 0.15) is 0 Å². The van der Waals surface area contributed by atoms with Crippen LogP contribution in [0.4, 0.5) is 11.4 Å². The van der Waals surface area contributed by atoms with E-state index in [1.165, 1.54) is 242 Å². The Bertz CT molecular complexity index is 1450. The van der Waals surface area contributed by atoms with E-state index in [2.05, 4.69) is 99.8 Å². The van der Waals surface area contributed by atoms with Gasteiger partial charge in [-0.1, -0.05) is 293 Å². The summed E-state index contributed by atoms with van der Waals surface area (Å²) >= 11 is 0. The van der Waals surface area contributed by atoms with Crippen LogP contribution in [-0.2, 0) is 29.3 Å². The van der Waals surface area contributed by atoms with Crippen molar-refractivity contribution in [2.24, 2.45) is 9.98 Å². The predicted octanol–water partition coefficient (Wildman–Crippen LogP) is 22.4. The number of benzene rings is 2. The second-order valence-electron chi connectivity index (χ2n) is 20.1. The van der Waals surface area contributed by atoms with Crippen LogP contribution < -0.4 is 0 Å². The number of allylic oxidation sites excluding steroid dienone is 4. The molecule has 0 N–H and O–H groups in total. The number of aliphatic imine (C=N–C) groups is 2. The van der Waals surface area contributed by atoms with Crippen molar-refractivity contribution in [2.45, 2.75) is 297 Å². The van der Waals surface area contributed by atoms with Crippen LogP contribution in [0.5, 0.6) is 0 Å². The molecule has 2 rings (SSSR count). The summed E-state index contributed by atoms with van der Waals surface area (Å²) in [6.07, 6.45) is 70.3. The maximum atomic E-state index is 5.24. The molecule has 2 aromatic carbocycles. The van der Waals surface area contributed by atoms with E-state index < -0.39 is 0 Å². The van der Waals surface area contributed by atoms with Gasteiger partial charge in [-0.2, -0.15) is 0 Å². The molecular formula is C64H108N2Ni. The molecule has 0 aromatic heterocycles. The van der Waals surface area contributed by atoms with Crippen molar-refractivity contribution in [3.8, 4) is 0 Å². The molecule has 0 aliphatic heterocycles. The van der Waals surface area contributed by atoms with E-state index in [0.29, 0.717) is 0 Å². The monoisotopic (exact) mass is 963 g/mol. The zero-order chi connectivity index (χ0) is 46.9. The molecule has 0 heterocycles. The first-order chi connectivity index (χ1) is 32.8. The summed E-state index contributed by atoms with van der Waals surface area (Å²) in [5.74, 6) is 0. The van der Waals surface area contributed by atoms with E-state index >= 15 is 0 Å². The fourth-order valence-corrected chi connectivity index (χ4v) is 9.41. The molecule has 3 heteroatoms. The van der Waals surface area contributed by atoms with Crippen molar-refractivity contribution < 1.29 is 16.5 Å². The number of hydrogen-bond acceptors (Lipinski definition) is 2. The zero-order valence-electron chi connectivity index (χ0n) is 44.6. The average molecular weight is 964 g/mol. The largest absolute Gasteiger partial charge is 0.255 e. The molecule has 0 spiro atoms. The van der Waals surface area contributed by atoms with Crippen LogP contribution in [0.1, 0.15) is 295 Å². The Kier molecular flexibility index (Phi) is 47.0. The standard InChI is InChI=1S/C64H108N2.Ni/c1-4-7-10-12-14-16-18-20-22-24-26-28-30-32-34-36-38-40-42-44-46-52-60-54-48-50-57-63(60)65-59-62(56-9-6-3)66-64-58-51-49-55-61(64)53-47-45-43-41-39-37-35-33-31-29-27-25-23-21-19-17-15-13-11-8-5-2;/h42-45,48-51,54-55,57-59H,4-41,46-47,52-53,56H2,1-3H3;. The quantitative estimate of drug-likeness (QED) is 0.0273. The summed E-state index contributed by atoms with van der Waals surface area (Å²) in [6.45, 7) is 6.87. The Morgan fingerprint density at radius 2 is 0.642 bits per heavy atom. The number of rotatable bonds is 48. The van der Waals surface area contributed by atoms with E-state index in [1.54, 1.807) is 0 Å². The Hall–Kier alpha value is -2.25. The summed E-state index contributed by atoms with van der Waals surface area (Å²) < 4.78 is 0. The van der Waals surface area contributed by atoms with Crippen LogP contribution in [0.2, 0.25) is 0 Å². The van der Waals surface area contributed by atoms with Crippen LogP contribution in [0.25, 0.3) is 0 Å². The van der Waals surface area contributed by atoms with Gasteiger partial charge >= 0.3 is 0 Å². The van der Waals surface area contributed by atoms with Crippen molar-refractivity contribution in [2.75, 3.05) is 0 Å². The Balaban J connectivity index is 0.0000224. The first kappa shape index (κ1) is 62.8. The van der Waals surface area contributed by atoms with Crippen LogP contribution in [0, 0.1) is 0 Å². The second-order valence-corrected chi connectivity index (χ2v) is 20.1. The fourth-order valence-electron chi connectivity index (χ4n) is 9.41. The molecule has 0 saturated heterocycles. The van der Waals surface area contributed by atoms with Crippen molar-refractivity contribution >= 4 is 23.3 Å². The minimum atomic E-state index is 0. The van der Waals surface area contributed by atoms with E-state index in [1.807, 2.05) is 0 Å². The molecule has 2 nitrogen and oxygen atoms in total. The molecule has 384 valence electrons. The van der Waals surface area contributed by atoms with Gasteiger partial charge in [-0.05, 0) is 87.5 Å². The second kappa shape index (κ2) is 50.2. The van der Waals surface area contributed by atoms with Gasteiger partial charge in [0.15, 0.2) is 0 Å². The third kappa shape index (κ3) is 39.2. The first-order valence-electron chi connectivity index (χ1n) is 29.4. The summed E-state index contributed by atoms with van der Waals surface area (Å²) in [5.41, 5.74) is 5.94. The molecule has 0 bridgehead atoms. The molecule has 0 aliphatic carbocycles. The van der Waals surface area contributed by atoms with Crippen molar-refractivity contribution in [3.05, 3.63) is 84.0 Å². The molecule has 0 saturated carbocycles. The third-order valence-corrected chi connectivity index (χ3v) is 13.8. The normalized spacial score (nSPS) is 12.1. The first-order valence-corrected chi connectivity index (χ1v) is 29.4. The van der Waals surface area contributed by atoms with Gasteiger partial charge in [-0.15, -0.1) is 0 Å². The number of aryl methyl sites for hydroxylation is 2. The van der Waals surface area contributed by atoms with Gasteiger partial charge < -0.3 is 0 Å². The number of hydrogen-bond donors (Lipinski definition) is 0. The third-order valence-electron chi connectivity index (χ3n) is 13.8. The van der Waals surface area contributed by atoms with Crippen LogP contribution >= 0.6 is 0 Å². The SMILES string of the molecule is CCCCCCCCCCCCCCCCCCCC=CCCc1ccccc1N=CC(CCCC)=Nc1ccccc1CCC=CCCCCCCCCCCCCCCCCCCC.[Ni]. The summed E-state index contributed by atoms with van der Waals surface area (Å²) in [5, 5.41) is 0. The van der Waals surface area contributed by atoms with E-state index in [9.17, 15) is 0 Å². The zero-order valence-corrected chi connectivity index (χ0v) is 45.6. The maximum absolute atomic E-state index is 5.24. The molecule has 0 unspecified atom stereocenters. The van der Waals surface area contributed by atoms with Gasteiger partial charge in [0.2, 0.25) is 0 Å². The molecule has 0 radical (unpaired) electrons. The maximum Gasteiger partial charge on any atom is 0.0665 e. The molecule has 0 amide bonds. The molecular weight excluding hydrogens is 855 g/mol. The Morgan fingerprint density at radius 3 is 1.01 bits per heavy atom. The Morgan fingerprint density at radius 1 is 0.343 bits per heavy atom. The molecule has 0 atom stereocenters. The van der Waals surface area contributed by atoms with E-state index in [-0.39, 0.29) is 16.5 Å². The molecule has 2 aromatic rings. The van der Waals surface area contributed by atoms with E-state index in [0.717, 1.165) is 62.0 Å². The predicted molar refractivity (Wildman–Crippen MR) is 300 cm³/mol. The van der Waals surface area contributed by atoms with Gasteiger partial charge in [0.05, 0.1) is 17.1 Å². The van der Waals surface area contributed by atoms with E-state index in [4.69, 9.17) is 9.98 Å². The summed E-state index contributed by atoms with van der Waals surface area (Å²) in [7, 11) is 0. The smallest absolute Gasteiger partial charge is 0.0665 e. The number of nitrogens with zero attached hydrogens (tertiary/aromatic N) is 2. The fraction of sp³-hybridized carbons (Fsp3) is 0.719. The topological polar surface area (TPSA) is 24.7 Å². The van der Waals surface area contributed by atoms with Gasteiger partial charge in [-0.3, -0.25) is 9.98 Å². The van der Waals surface area contributed by atoms with Crippen LogP contribution in [-0.4, -0.2) is 11.9 Å². The van der Waals surface area contributed by atoms with Gasteiger partial charge in [0.25, 0.3) is 0 Å². The number of unbranched alkanes of at least 4 members (excludes halogenated alkanes) is 35. The van der Waals surface area contributed by atoms with Crippen LogP contribution in [0.3, 0.4) is 0 Å². The minimum absolute atomic E-state index is 0. The van der Waals surface area contributed by atoms with Crippen LogP contribution in [0.15, 0.2) is 82.8 Å². The van der Waals surface area contributed by atoms with Crippen molar-refractivity contribution in [1.82, 2.24) is 0 Å². The summed E-state index contributed by atoms with van der Waals surface area (Å²) in [6, 6.07) is 17.5. The van der Waals surface area contributed by atoms with Gasteiger partial charge in [0, 0.05) is 22.7 Å². The summed E-state index contributed by atoms with van der Waals surface area (Å²) in [4.78, 5) is 10.3. The minimum Gasteiger partial charge on any atom is -0.255 e. The van der Waals surface area contributed by atoms with Gasteiger partial charge in [-0.25, -0.2) is 0 Å². The molecule has 0 aliphatic rings. The molecule has 67 heavy (non-hydrogen) atoms. The Labute approximate surface area is 428 Å².